The standard InChI is InChI=1S/C11H12O2S/c1-10(2)8-9-14(12,13)11-6-4-3-5-7-11/h3-7,9H,1-2H3. The topological polar surface area (TPSA) is 34.1 Å². The van der Waals surface area contributed by atoms with E-state index in [1.165, 1.54) is 0 Å². The highest BCUT2D eigenvalue weighted by molar-refractivity contribution is 7.94. The molecule has 0 amide bonds. The molecule has 0 radical (unpaired) electrons. The predicted molar refractivity (Wildman–Crippen MR) is 56.6 cm³/mol. The first-order chi connectivity index (χ1) is 6.52. The molecule has 0 aliphatic rings. The molecule has 0 aliphatic carbocycles. The second kappa shape index (κ2) is 4.27. The molecule has 0 atom stereocenters. The third kappa shape index (κ3) is 2.87. The summed E-state index contributed by atoms with van der Waals surface area (Å²) in [6.45, 7) is 3.61. The van der Waals surface area contributed by atoms with Crippen molar-refractivity contribution in [1.82, 2.24) is 0 Å². The van der Waals surface area contributed by atoms with Gasteiger partial charge in [-0.1, -0.05) is 18.2 Å². The molecule has 14 heavy (non-hydrogen) atoms. The van der Waals surface area contributed by atoms with Gasteiger partial charge in [-0.05, 0) is 31.6 Å². The minimum Gasteiger partial charge on any atom is -0.218 e. The number of hydrogen-bond acceptors (Lipinski definition) is 2. The third-order valence-corrected chi connectivity index (χ3v) is 2.93. The quantitative estimate of drug-likeness (QED) is 0.700. The van der Waals surface area contributed by atoms with Gasteiger partial charge in [0.1, 0.15) is 0 Å². The van der Waals surface area contributed by atoms with Gasteiger partial charge in [0, 0.05) is 0 Å². The van der Waals surface area contributed by atoms with Gasteiger partial charge >= 0.3 is 0 Å². The first-order valence-electron chi connectivity index (χ1n) is 4.22. The van der Waals surface area contributed by atoms with Crippen molar-refractivity contribution in [3.05, 3.63) is 47.0 Å². The van der Waals surface area contributed by atoms with Crippen LogP contribution in [0.5, 0.6) is 0 Å². The van der Waals surface area contributed by atoms with Crippen molar-refractivity contribution < 1.29 is 8.42 Å². The average molecular weight is 208 g/mol. The highest BCUT2D eigenvalue weighted by Gasteiger charge is 2.07. The fourth-order valence-electron chi connectivity index (χ4n) is 0.874. The first kappa shape index (κ1) is 10.8. The molecule has 0 heterocycles. The minimum atomic E-state index is -3.31. The van der Waals surface area contributed by atoms with Crippen molar-refractivity contribution in [2.24, 2.45) is 0 Å². The predicted octanol–water partition coefficient (Wildman–Crippen LogP) is 2.54. The number of benzene rings is 1. The van der Waals surface area contributed by atoms with Gasteiger partial charge in [-0.2, -0.15) is 0 Å². The van der Waals surface area contributed by atoms with Crippen LogP contribution in [0.1, 0.15) is 13.8 Å². The summed E-state index contributed by atoms with van der Waals surface area (Å²) in [7, 11) is -3.31. The molecule has 1 rings (SSSR count). The van der Waals surface area contributed by atoms with Crippen molar-refractivity contribution in [2.45, 2.75) is 18.7 Å². The molecular weight excluding hydrogens is 196 g/mol. The van der Waals surface area contributed by atoms with Gasteiger partial charge in [0.25, 0.3) is 0 Å². The largest absolute Gasteiger partial charge is 0.218 e. The Bertz CT molecular complexity index is 459. The molecule has 0 spiro atoms. The Morgan fingerprint density at radius 2 is 1.79 bits per heavy atom. The first-order valence-corrected chi connectivity index (χ1v) is 5.77. The Hall–Kier alpha value is -1.31. The van der Waals surface area contributed by atoms with E-state index in [-0.39, 0.29) is 0 Å². The zero-order valence-corrected chi connectivity index (χ0v) is 9.01. The molecule has 3 heteroatoms. The Morgan fingerprint density at radius 3 is 2.29 bits per heavy atom. The van der Waals surface area contributed by atoms with E-state index in [1.807, 2.05) is 0 Å². The van der Waals surface area contributed by atoms with Gasteiger partial charge in [0.15, 0.2) is 0 Å². The van der Waals surface area contributed by atoms with E-state index in [0.29, 0.717) is 4.90 Å². The van der Waals surface area contributed by atoms with E-state index in [0.717, 1.165) is 11.0 Å². The van der Waals surface area contributed by atoms with Crippen LogP contribution in [0.25, 0.3) is 0 Å². The monoisotopic (exact) mass is 208 g/mol. The van der Waals surface area contributed by atoms with Crippen LogP contribution in [-0.2, 0) is 9.84 Å². The normalized spacial score (nSPS) is 10.4. The Kier molecular flexibility index (Phi) is 3.28. The second-order valence-corrected chi connectivity index (χ2v) is 4.92. The van der Waals surface area contributed by atoms with Crippen LogP contribution in [0.15, 0.2) is 51.9 Å². The molecule has 2 nitrogen and oxygen atoms in total. The lowest BCUT2D eigenvalue weighted by atomic mass is 10.4. The van der Waals surface area contributed by atoms with Crippen LogP contribution < -0.4 is 0 Å². The second-order valence-electron chi connectivity index (χ2n) is 3.12. The molecule has 0 saturated heterocycles. The number of sulfone groups is 1. The van der Waals surface area contributed by atoms with Crippen molar-refractivity contribution in [1.29, 1.82) is 0 Å². The molecule has 1 aromatic rings. The number of hydrogen-bond donors (Lipinski definition) is 0. The summed E-state index contributed by atoms with van der Waals surface area (Å²) in [5.41, 5.74) is 3.53. The van der Waals surface area contributed by atoms with E-state index >= 15 is 0 Å². The van der Waals surface area contributed by atoms with E-state index < -0.39 is 9.84 Å². The SMILES string of the molecule is CC(C)=C=CS(=O)(=O)c1ccccc1. The highest BCUT2D eigenvalue weighted by atomic mass is 32.2. The lowest BCUT2D eigenvalue weighted by Gasteiger charge is -1.95. The van der Waals surface area contributed by atoms with E-state index in [9.17, 15) is 8.42 Å². The van der Waals surface area contributed by atoms with E-state index in [4.69, 9.17) is 0 Å². The molecule has 0 saturated carbocycles. The summed E-state index contributed by atoms with van der Waals surface area (Å²) in [5.74, 6) is 0. The minimum absolute atomic E-state index is 0.300. The molecule has 1 aromatic carbocycles. The third-order valence-electron chi connectivity index (χ3n) is 1.57. The van der Waals surface area contributed by atoms with Gasteiger partial charge < -0.3 is 0 Å². The fraction of sp³-hybridized carbons (Fsp3) is 0.182. The van der Waals surface area contributed by atoms with Gasteiger partial charge in [-0.15, -0.1) is 5.73 Å². The summed E-state index contributed by atoms with van der Waals surface area (Å²) in [4.78, 5) is 0.300. The van der Waals surface area contributed by atoms with Gasteiger partial charge in [-0.3, -0.25) is 0 Å². The Labute approximate surface area is 84.5 Å². The van der Waals surface area contributed by atoms with Crippen LogP contribution >= 0.6 is 0 Å². The van der Waals surface area contributed by atoms with Crippen LogP contribution in [-0.4, -0.2) is 8.42 Å². The molecule has 0 bridgehead atoms. The van der Waals surface area contributed by atoms with E-state index in [1.54, 1.807) is 44.2 Å². The van der Waals surface area contributed by atoms with Gasteiger partial charge in [0.2, 0.25) is 9.84 Å². The number of allylic oxidation sites excluding steroid dienone is 1. The smallest absolute Gasteiger partial charge is 0.207 e. The van der Waals surface area contributed by atoms with Gasteiger partial charge in [0.05, 0.1) is 10.3 Å². The maximum atomic E-state index is 11.6. The van der Waals surface area contributed by atoms with Crippen molar-refractivity contribution in [3.8, 4) is 0 Å². The van der Waals surface area contributed by atoms with Crippen molar-refractivity contribution in [3.63, 3.8) is 0 Å². The average Bonchev–Trinajstić information content (AvgIpc) is 2.16. The fourth-order valence-corrected chi connectivity index (χ4v) is 1.94. The highest BCUT2D eigenvalue weighted by Crippen LogP contribution is 2.10. The summed E-state index contributed by atoms with van der Waals surface area (Å²) in [6.07, 6.45) is 0. The zero-order chi connectivity index (χ0) is 10.6. The molecule has 0 unspecified atom stereocenters. The molecule has 0 aliphatic heterocycles. The molecule has 0 fully saturated rings. The molecule has 74 valence electrons. The van der Waals surface area contributed by atoms with E-state index in [2.05, 4.69) is 5.73 Å². The summed E-state index contributed by atoms with van der Waals surface area (Å²) in [6, 6.07) is 8.31. The summed E-state index contributed by atoms with van der Waals surface area (Å²) < 4.78 is 23.2. The zero-order valence-electron chi connectivity index (χ0n) is 8.19. The maximum Gasteiger partial charge on any atom is 0.207 e. The summed E-state index contributed by atoms with van der Waals surface area (Å²) in [5, 5.41) is 1.11. The lowest BCUT2D eigenvalue weighted by Crippen LogP contribution is -1.94. The van der Waals surface area contributed by atoms with Crippen molar-refractivity contribution in [2.75, 3.05) is 0 Å². The Morgan fingerprint density at radius 1 is 1.21 bits per heavy atom. The Balaban J connectivity index is 3.18. The van der Waals surface area contributed by atoms with Crippen LogP contribution in [0.4, 0.5) is 0 Å². The van der Waals surface area contributed by atoms with Crippen LogP contribution in [0, 0.1) is 0 Å². The van der Waals surface area contributed by atoms with Crippen molar-refractivity contribution >= 4 is 9.84 Å². The van der Waals surface area contributed by atoms with Crippen LogP contribution in [0.3, 0.4) is 0 Å². The summed E-state index contributed by atoms with van der Waals surface area (Å²) >= 11 is 0. The number of rotatable bonds is 2. The molecule has 0 aromatic heterocycles. The van der Waals surface area contributed by atoms with Crippen LogP contribution in [0.2, 0.25) is 0 Å². The maximum absolute atomic E-state index is 11.6. The van der Waals surface area contributed by atoms with Gasteiger partial charge in [-0.25, -0.2) is 8.42 Å². The molecule has 0 N–H and O–H groups in total. The lowest BCUT2D eigenvalue weighted by molar-refractivity contribution is 0.604. The molecular formula is C11H12O2S.